The maximum atomic E-state index is 14.9. The molecule has 3 rings (SSSR count). The molecule has 1 aliphatic heterocycles. The monoisotopic (exact) mass is 455 g/mol. The van der Waals surface area contributed by atoms with Crippen LogP contribution in [0.2, 0.25) is 0 Å². The molecule has 6 heteroatoms. The molecule has 0 radical (unpaired) electrons. The van der Waals surface area contributed by atoms with Crippen LogP contribution < -0.4 is 10.2 Å². The highest BCUT2D eigenvalue weighted by atomic mass is 79.9. The number of fused-ring (bicyclic) bond motifs is 1. The molecule has 1 N–H and O–H groups in total. The zero-order valence-electron chi connectivity index (χ0n) is 16.9. The fourth-order valence-electron chi connectivity index (χ4n) is 3.78. The Morgan fingerprint density at radius 3 is 2.76 bits per heavy atom. The molecular weight excluding hydrogens is 433 g/mol. The van der Waals surface area contributed by atoms with E-state index in [-0.39, 0.29) is 22.6 Å². The van der Waals surface area contributed by atoms with Crippen LogP contribution >= 0.6 is 15.9 Å². The van der Waals surface area contributed by atoms with Crippen molar-refractivity contribution in [2.45, 2.75) is 38.6 Å². The molecule has 4 nitrogen and oxygen atoms in total. The van der Waals surface area contributed by atoms with Crippen molar-refractivity contribution >= 4 is 39.3 Å². The Kier molecular flexibility index (Phi) is 5.81. The van der Waals surface area contributed by atoms with Gasteiger partial charge in [0, 0.05) is 34.0 Å². The first-order valence-electron chi connectivity index (χ1n) is 9.38. The quantitative estimate of drug-likeness (QED) is 0.465. The molecule has 0 bridgehead atoms. The predicted octanol–water partition coefficient (Wildman–Crippen LogP) is 5.86. The van der Waals surface area contributed by atoms with E-state index in [0.717, 1.165) is 22.1 Å². The Morgan fingerprint density at radius 1 is 1.38 bits per heavy atom. The first-order chi connectivity index (χ1) is 13.6. The van der Waals surface area contributed by atoms with Gasteiger partial charge in [-0.3, -0.25) is 4.79 Å². The summed E-state index contributed by atoms with van der Waals surface area (Å²) in [6.45, 7) is 6.39. The van der Waals surface area contributed by atoms with Crippen LogP contribution in [0.4, 0.5) is 15.8 Å². The van der Waals surface area contributed by atoms with Gasteiger partial charge in [0.1, 0.15) is 17.5 Å². The second-order valence-corrected chi connectivity index (χ2v) is 8.96. The number of carbonyl (C=O) groups is 1. The Morgan fingerprint density at radius 2 is 2.10 bits per heavy atom. The zero-order chi connectivity index (χ0) is 21.3. The number of hydrogen-bond acceptors (Lipinski definition) is 3. The van der Waals surface area contributed by atoms with Crippen molar-refractivity contribution in [3.63, 3.8) is 0 Å². The van der Waals surface area contributed by atoms with Gasteiger partial charge in [-0.1, -0.05) is 28.9 Å². The summed E-state index contributed by atoms with van der Waals surface area (Å²) in [5, 5.41) is 12.1. The molecule has 2 aromatic carbocycles. The van der Waals surface area contributed by atoms with Crippen molar-refractivity contribution < 1.29 is 9.18 Å². The summed E-state index contributed by atoms with van der Waals surface area (Å²) in [7, 11) is 1.96. The maximum absolute atomic E-state index is 14.9. The third-order valence-electron chi connectivity index (χ3n) is 5.50. The summed E-state index contributed by atoms with van der Waals surface area (Å²) in [6, 6.07) is 12.2. The summed E-state index contributed by atoms with van der Waals surface area (Å²) >= 11 is 3.34. The van der Waals surface area contributed by atoms with Crippen molar-refractivity contribution in [2.24, 2.45) is 0 Å². The Labute approximate surface area is 179 Å². The highest BCUT2D eigenvalue weighted by molar-refractivity contribution is 9.10. The molecule has 0 aromatic heterocycles. The highest BCUT2D eigenvalue weighted by Crippen LogP contribution is 2.43. The summed E-state index contributed by atoms with van der Waals surface area (Å²) in [4.78, 5) is 14.6. The number of amides is 1. The van der Waals surface area contributed by atoms with Crippen LogP contribution in [0.15, 0.2) is 46.4 Å². The summed E-state index contributed by atoms with van der Waals surface area (Å²) < 4.78 is 15.7. The van der Waals surface area contributed by atoms with Crippen LogP contribution in [0.5, 0.6) is 0 Å². The number of hydrogen-bond donors (Lipinski definition) is 1. The number of benzene rings is 2. The van der Waals surface area contributed by atoms with E-state index in [4.69, 9.17) is 0 Å². The van der Waals surface area contributed by atoms with E-state index in [2.05, 4.69) is 46.9 Å². The smallest absolute Gasteiger partial charge is 0.266 e. The summed E-state index contributed by atoms with van der Waals surface area (Å²) in [5.41, 5.74) is 2.43. The van der Waals surface area contributed by atoms with Gasteiger partial charge in [0.05, 0.1) is 0 Å². The molecule has 0 saturated carbocycles. The topological polar surface area (TPSA) is 56.1 Å². The second kappa shape index (κ2) is 8.00. The van der Waals surface area contributed by atoms with E-state index in [0.29, 0.717) is 5.69 Å². The van der Waals surface area contributed by atoms with Crippen LogP contribution in [-0.2, 0) is 4.79 Å². The SMILES string of the molecule is CC1CC(C)(C)N(C)c2cc(F)c(/C=C(\C#N)C(=O)Nc3cccc(Br)c3)cc21. The molecule has 0 fully saturated rings. The number of rotatable bonds is 3. The van der Waals surface area contributed by atoms with E-state index in [1.807, 2.05) is 19.2 Å². The van der Waals surface area contributed by atoms with Crippen LogP contribution in [0.25, 0.3) is 6.08 Å². The first-order valence-corrected chi connectivity index (χ1v) is 10.2. The van der Waals surface area contributed by atoms with Crippen LogP contribution in [-0.4, -0.2) is 18.5 Å². The standard InChI is InChI=1S/C23H23BrFN3O/c1-14-12-23(2,3)28(4)21-11-20(25)15(9-19(14)21)8-16(13-26)22(29)27-18-7-5-6-17(24)10-18/h5-11,14H,12H2,1-4H3,(H,27,29)/b16-8+. The van der Waals surface area contributed by atoms with Crippen molar-refractivity contribution in [1.29, 1.82) is 5.26 Å². The second-order valence-electron chi connectivity index (χ2n) is 8.04. The van der Waals surface area contributed by atoms with Crippen LogP contribution in [0, 0.1) is 17.1 Å². The molecule has 2 aromatic rings. The molecule has 150 valence electrons. The van der Waals surface area contributed by atoms with Crippen LogP contribution in [0.3, 0.4) is 0 Å². The Hall–Kier alpha value is -2.65. The molecule has 0 aliphatic carbocycles. The third kappa shape index (κ3) is 4.35. The van der Waals surface area contributed by atoms with E-state index < -0.39 is 11.7 Å². The summed E-state index contributed by atoms with van der Waals surface area (Å²) in [6.07, 6.45) is 2.25. The highest BCUT2D eigenvalue weighted by Gasteiger charge is 2.34. The molecule has 1 heterocycles. The largest absolute Gasteiger partial charge is 0.369 e. The van der Waals surface area contributed by atoms with E-state index in [1.165, 1.54) is 12.1 Å². The van der Waals surface area contributed by atoms with E-state index >= 15 is 0 Å². The number of nitrogens with one attached hydrogen (secondary N) is 1. The average Bonchev–Trinajstić information content (AvgIpc) is 2.64. The normalized spacial score (nSPS) is 18.0. The maximum Gasteiger partial charge on any atom is 0.266 e. The van der Waals surface area contributed by atoms with E-state index in [1.54, 1.807) is 24.3 Å². The molecule has 1 atom stereocenters. The fourth-order valence-corrected chi connectivity index (χ4v) is 4.18. The summed E-state index contributed by atoms with van der Waals surface area (Å²) in [5.74, 6) is -0.789. The van der Waals surface area contributed by atoms with Gasteiger partial charge in [-0.25, -0.2) is 4.39 Å². The minimum absolute atomic E-state index is 0.0716. The number of nitrogens with zero attached hydrogens (tertiary/aromatic N) is 2. The molecule has 0 saturated heterocycles. The van der Waals surface area contributed by atoms with Crippen molar-refractivity contribution in [3.05, 3.63) is 63.4 Å². The third-order valence-corrected chi connectivity index (χ3v) is 5.99. The van der Waals surface area contributed by atoms with Crippen molar-refractivity contribution in [1.82, 2.24) is 0 Å². The Balaban J connectivity index is 1.95. The molecule has 1 amide bonds. The van der Waals surface area contributed by atoms with Gasteiger partial charge in [-0.15, -0.1) is 0 Å². The van der Waals surface area contributed by atoms with Crippen molar-refractivity contribution in [3.8, 4) is 6.07 Å². The van der Waals surface area contributed by atoms with Gasteiger partial charge < -0.3 is 10.2 Å². The minimum atomic E-state index is -0.575. The number of anilines is 2. The van der Waals surface area contributed by atoms with Gasteiger partial charge in [-0.2, -0.15) is 5.26 Å². The lowest BCUT2D eigenvalue weighted by atomic mass is 9.80. The van der Waals surface area contributed by atoms with Gasteiger partial charge in [0.2, 0.25) is 0 Å². The molecule has 29 heavy (non-hydrogen) atoms. The van der Waals surface area contributed by atoms with Crippen molar-refractivity contribution in [2.75, 3.05) is 17.3 Å². The molecule has 1 unspecified atom stereocenters. The molecule has 0 spiro atoms. The number of nitriles is 1. The molecular formula is C23H23BrFN3O. The van der Waals surface area contributed by atoms with Gasteiger partial charge in [0.15, 0.2) is 0 Å². The lowest BCUT2D eigenvalue weighted by Gasteiger charge is -2.45. The first kappa shape index (κ1) is 21.1. The lowest BCUT2D eigenvalue weighted by Crippen LogP contribution is -2.45. The van der Waals surface area contributed by atoms with Gasteiger partial charge in [0.25, 0.3) is 5.91 Å². The van der Waals surface area contributed by atoms with E-state index in [9.17, 15) is 14.4 Å². The molecule has 1 aliphatic rings. The average molecular weight is 456 g/mol. The Bertz CT molecular complexity index is 1040. The number of halogens is 2. The van der Waals surface area contributed by atoms with Crippen LogP contribution in [0.1, 0.15) is 44.2 Å². The number of carbonyl (C=O) groups excluding carboxylic acids is 1. The van der Waals surface area contributed by atoms with Gasteiger partial charge >= 0.3 is 0 Å². The zero-order valence-corrected chi connectivity index (χ0v) is 18.5. The fraction of sp³-hybridized carbons (Fsp3) is 0.304. The van der Waals surface area contributed by atoms with Gasteiger partial charge in [-0.05, 0) is 68.2 Å². The lowest BCUT2D eigenvalue weighted by molar-refractivity contribution is -0.112. The predicted molar refractivity (Wildman–Crippen MR) is 118 cm³/mol. The minimum Gasteiger partial charge on any atom is -0.369 e.